The molecule has 0 heteroatoms. The lowest BCUT2D eigenvalue weighted by Gasteiger charge is -2.14. The molecule has 0 N–H and O–H groups in total. The topological polar surface area (TPSA) is 0 Å². The summed E-state index contributed by atoms with van der Waals surface area (Å²) in [5.41, 5.74) is 5.91. The molecular formula is C20H30. The second-order valence-corrected chi connectivity index (χ2v) is 6.60. The van der Waals surface area contributed by atoms with Crippen molar-refractivity contribution in [2.45, 2.75) is 72.1 Å². The van der Waals surface area contributed by atoms with Crippen molar-refractivity contribution in [3.63, 3.8) is 0 Å². The molecule has 1 fully saturated rings. The highest BCUT2D eigenvalue weighted by Crippen LogP contribution is 2.32. The average Bonchev–Trinajstić information content (AvgIpc) is 2.93. The summed E-state index contributed by atoms with van der Waals surface area (Å²) < 4.78 is 0. The van der Waals surface area contributed by atoms with Crippen LogP contribution < -0.4 is 0 Å². The quantitative estimate of drug-likeness (QED) is 0.533. The summed E-state index contributed by atoms with van der Waals surface area (Å²) in [5, 5.41) is 0. The van der Waals surface area contributed by atoms with Gasteiger partial charge in [0.2, 0.25) is 0 Å². The van der Waals surface area contributed by atoms with E-state index in [-0.39, 0.29) is 0 Å². The Morgan fingerprint density at radius 2 is 1.70 bits per heavy atom. The minimum absolute atomic E-state index is 0.933. The molecule has 0 aromatic carbocycles. The first-order valence-electron chi connectivity index (χ1n) is 8.45. The molecular weight excluding hydrogens is 240 g/mol. The minimum Gasteiger partial charge on any atom is -0.0654 e. The average molecular weight is 270 g/mol. The number of unbranched alkanes of at least 4 members (excludes halogenated alkanes) is 1. The summed E-state index contributed by atoms with van der Waals surface area (Å²) in [7, 11) is 0. The molecule has 0 nitrogen and oxygen atoms in total. The third-order valence-electron chi connectivity index (χ3n) is 4.76. The number of hydrogen-bond acceptors (Lipinski definition) is 0. The number of allylic oxidation sites excluding steroid dienone is 8. The lowest BCUT2D eigenvalue weighted by Crippen LogP contribution is -1.97. The highest BCUT2D eigenvalue weighted by Gasteiger charge is 2.16. The molecule has 110 valence electrons. The SMILES string of the molecule is CCCCC1=CC(CC2CCCC2)=CC=C(C)C(C)=C1. The Morgan fingerprint density at radius 1 is 0.950 bits per heavy atom. The molecule has 0 amide bonds. The van der Waals surface area contributed by atoms with Crippen molar-refractivity contribution in [2.75, 3.05) is 0 Å². The monoisotopic (exact) mass is 270 g/mol. The van der Waals surface area contributed by atoms with E-state index in [1.165, 1.54) is 68.1 Å². The molecule has 0 atom stereocenters. The van der Waals surface area contributed by atoms with E-state index in [1.54, 1.807) is 5.57 Å². The van der Waals surface area contributed by atoms with Crippen molar-refractivity contribution >= 4 is 0 Å². The molecule has 0 heterocycles. The van der Waals surface area contributed by atoms with Crippen molar-refractivity contribution < 1.29 is 0 Å². The zero-order valence-corrected chi connectivity index (χ0v) is 13.5. The number of rotatable bonds is 5. The molecule has 0 spiro atoms. The van der Waals surface area contributed by atoms with Crippen LogP contribution in [0.2, 0.25) is 0 Å². The summed E-state index contributed by atoms with van der Waals surface area (Å²) in [6.45, 7) is 6.75. The van der Waals surface area contributed by atoms with E-state index in [4.69, 9.17) is 0 Å². The Morgan fingerprint density at radius 3 is 2.40 bits per heavy atom. The molecule has 1 saturated carbocycles. The third kappa shape index (κ3) is 4.51. The van der Waals surface area contributed by atoms with Crippen LogP contribution in [0.15, 0.2) is 46.6 Å². The maximum absolute atomic E-state index is 2.47. The molecule has 2 rings (SSSR count). The largest absolute Gasteiger partial charge is 0.0654 e. The van der Waals surface area contributed by atoms with Gasteiger partial charge in [-0.1, -0.05) is 63.3 Å². The molecule has 2 aliphatic rings. The van der Waals surface area contributed by atoms with Crippen LogP contribution >= 0.6 is 0 Å². The van der Waals surface area contributed by atoms with Gasteiger partial charge in [0.05, 0.1) is 0 Å². The molecule has 0 saturated heterocycles. The predicted molar refractivity (Wildman–Crippen MR) is 89.8 cm³/mol. The minimum atomic E-state index is 0.933. The number of hydrogen-bond donors (Lipinski definition) is 0. The van der Waals surface area contributed by atoms with Gasteiger partial charge >= 0.3 is 0 Å². The first-order chi connectivity index (χ1) is 9.69. The summed E-state index contributed by atoms with van der Waals surface area (Å²) in [6.07, 6.45) is 20.4. The van der Waals surface area contributed by atoms with E-state index in [9.17, 15) is 0 Å². The molecule has 0 aromatic rings. The van der Waals surface area contributed by atoms with Crippen molar-refractivity contribution in [3.8, 4) is 0 Å². The van der Waals surface area contributed by atoms with Crippen molar-refractivity contribution in [2.24, 2.45) is 5.92 Å². The summed E-state index contributed by atoms with van der Waals surface area (Å²) >= 11 is 0. The Labute approximate surface area is 125 Å². The van der Waals surface area contributed by atoms with Gasteiger partial charge < -0.3 is 0 Å². The Hall–Kier alpha value is -1.04. The first-order valence-corrected chi connectivity index (χ1v) is 8.45. The van der Waals surface area contributed by atoms with Crippen molar-refractivity contribution in [1.82, 2.24) is 0 Å². The second-order valence-electron chi connectivity index (χ2n) is 6.60. The van der Waals surface area contributed by atoms with Crippen LogP contribution in [-0.2, 0) is 0 Å². The van der Waals surface area contributed by atoms with Crippen LogP contribution in [0.25, 0.3) is 0 Å². The van der Waals surface area contributed by atoms with Gasteiger partial charge in [-0.15, -0.1) is 0 Å². The lowest BCUT2D eigenvalue weighted by molar-refractivity contribution is 0.548. The molecule has 0 bridgehead atoms. The van der Waals surface area contributed by atoms with Gasteiger partial charge in [-0.05, 0) is 61.3 Å². The van der Waals surface area contributed by atoms with Gasteiger partial charge in [0.15, 0.2) is 0 Å². The zero-order chi connectivity index (χ0) is 14.4. The van der Waals surface area contributed by atoms with Crippen LogP contribution in [0.3, 0.4) is 0 Å². The Balaban J connectivity index is 2.14. The highest BCUT2D eigenvalue weighted by atomic mass is 14.2. The maximum Gasteiger partial charge on any atom is -0.0250 e. The zero-order valence-electron chi connectivity index (χ0n) is 13.5. The fourth-order valence-electron chi connectivity index (χ4n) is 3.28. The van der Waals surface area contributed by atoms with Gasteiger partial charge in [-0.25, -0.2) is 0 Å². The van der Waals surface area contributed by atoms with Crippen LogP contribution in [-0.4, -0.2) is 0 Å². The summed E-state index contributed by atoms with van der Waals surface area (Å²) in [5.74, 6) is 0.933. The maximum atomic E-state index is 2.47. The van der Waals surface area contributed by atoms with Crippen LogP contribution in [0, 0.1) is 5.92 Å². The van der Waals surface area contributed by atoms with Crippen molar-refractivity contribution in [1.29, 1.82) is 0 Å². The summed E-state index contributed by atoms with van der Waals surface area (Å²) in [6, 6.07) is 0. The smallest absolute Gasteiger partial charge is 0.0250 e. The predicted octanol–water partition coefficient (Wildman–Crippen LogP) is 6.52. The van der Waals surface area contributed by atoms with E-state index >= 15 is 0 Å². The fraction of sp³-hybridized carbons (Fsp3) is 0.600. The third-order valence-corrected chi connectivity index (χ3v) is 4.76. The van der Waals surface area contributed by atoms with Gasteiger partial charge in [0.25, 0.3) is 0 Å². The van der Waals surface area contributed by atoms with E-state index in [2.05, 4.69) is 45.1 Å². The molecule has 0 radical (unpaired) electrons. The van der Waals surface area contributed by atoms with Crippen LogP contribution in [0.4, 0.5) is 0 Å². The van der Waals surface area contributed by atoms with Crippen molar-refractivity contribution in [3.05, 3.63) is 46.6 Å². The molecule has 0 aromatic heterocycles. The van der Waals surface area contributed by atoms with Gasteiger partial charge in [-0.2, -0.15) is 0 Å². The molecule has 0 aliphatic heterocycles. The normalized spacial score (nSPS) is 20.8. The summed E-state index contributed by atoms with van der Waals surface area (Å²) in [4.78, 5) is 0. The van der Waals surface area contributed by atoms with Gasteiger partial charge in [-0.3, -0.25) is 0 Å². The lowest BCUT2D eigenvalue weighted by atomic mass is 9.92. The highest BCUT2D eigenvalue weighted by molar-refractivity contribution is 5.43. The Kier molecular flexibility index (Phi) is 5.88. The molecule has 2 aliphatic carbocycles. The van der Waals surface area contributed by atoms with E-state index in [0.29, 0.717) is 0 Å². The second kappa shape index (κ2) is 7.67. The molecule has 20 heavy (non-hydrogen) atoms. The molecule has 0 unspecified atom stereocenters. The van der Waals surface area contributed by atoms with Crippen LogP contribution in [0.5, 0.6) is 0 Å². The first kappa shape index (κ1) is 15.4. The van der Waals surface area contributed by atoms with E-state index < -0.39 is 0 Å². The Bertz CT molecular complexity index is 437. The standard InChI is InChI=1S/C20H30/c1-4-5-8-19-13-17(3)16(2)11-12-20(15-19)14-18-9-6-7-10-18/h11-13,15,18H,4-10,14H2,1-3H3. The van der Waals surface area contributed by atoms with Crippen LogP contribution in [0.1, 0.15) is 72.1 Å². The van der Waals surface area contributed by atoms with E-state index in [1.807, 2.05) is 0 Å². The van der Waals surface area contributed by atoms with E-state index in [0.717, 1.165) is 5.92 Å². The van der Waals surface area contributed by atoms with Gasteiger partial charge in [0, 0.05) is 0 Å². The fourth-order valence-corrected chi connectivity index (χ4v) is 3.28. The van der Waals surface area contributed by atoms with Gasteiger partial charge in [0.1, 0.15) is 0 Å².